The maximum absolute atomic E-state index is 12.5. The third kappa shape index (κ3) is 4.23. The zero-order valence-corrected chi connectivity index (χ0v) is 17.1. The van der Waals surface area contributed by atoms with Crippen LogP contribution in [0.3, 0.4) is 0 Å². The molecule has 1 aliphatic carbocycles. The maximum Gasteiger partial charge on any atom is 0.407 e. The zero-order chi connectivity index (χ0) is 21.8. The molecular formula is C25H23NO5. The number of carboxylic acids is 1. The number of amides is 1. The fraction of sp³-hybridized carbons (Fsp3) is 0.200. The first-order valence-corrected chi connectivity index (χ1v) is 10.0. The second kappa shape index (κ2) is 8.92. The summed E-state index contributed by atoms with van der Waals surface area (Å²) < 4.78 is 10.7. The van der Waals surface area contributed by atoms with E-state index in [1.165, 1.54) is 7.11 Å². The molecule has 4 rings (SSSR count). The van der Waals surface area contributed by atoms with Gasteiger partial charge in [-0.3, -0.25) is 0 Å². The molecule has 0 radical (unpaired) electrons. The number of carbonyl (C=O) groups excluding carboxylic acids is 1. The molecule has 0 bridgehead atoms. The van der Waals surface area contributed by atoms with E-state index >= 15 is 0 Å². The van der Waals surface area contributed by atoms with Gasteiger partial charge in [-0.05, 0) is 33.9 Å². The van der Waals surface area contributed by atoms with Crippen LogP contribution in [0, 0.1) is 0 Å². The normalized spacial score (nSPS) is 13.1. The number of aliphatic carboxylic acids is 1. The minimum absolute atomic E-state index is 0.0868. The number of ether oxygens (including phenoxy) is 2. The van der Waals surface area contributed by atoms with Crippen molar-refractivity contribution >= 4 is 12.1 Å². The summed E-state index contributed by atoms with van der Waals surface area (Å²) in [6.45, 7) is 0.126. The van der Waals surface area contributed by atoms with Crippen molar-refractivity contribution in [3.8, 4) is 16.9 Å². The molecule has 0 saturated carbocycles. The molecule has 1 aliphatic rings. The number of carboxylic acid groups (broad SMARTS) is 1. The van der Waals surface area contributed by atoms with Crippen molar-refractivity contribution in [1.29, 1.82) is 0 Å². The summed E-state index contributed by atoms with van der Waals surface area (Å²) in [5.74, 6) is -0.654. The van der Waals surface area contributed by atoms with Crippen LogP contribution in [-0.4, -0.2) is 36.9 Å². The smallest absolute Gasteiger partial charge is 0.407 e. The van der Waals surface area contributed by atoms with Gasteiger partial charge in [0, 0.05) is 12.3 Å². The lowest BCUT2D eigenvalue weighted by Crippen LogP contribution is -2.43. The van der Waals surface area contributed by atoms with Crippen molar-refractivity contribution in [2.24, 2.45) is 0 Å². The molecule has 0 spiro atoms. The van der Waals surface area contributed by atoms with E-state index in [0.717, 1.165) is 22.3 Å². The molecule has 2 N–H and O–H groups in total. The summed E-state index contributed by atoms with van der Waals surface area (Å²) in [7, 11) is 1.52. The zero-order valence-electron chi connectivity index (χ0n) is 17.1. The maximum atomic E-state index is 12.5. The van der Waals surface area contributed by atoms with E-state index in [9.17, 15) is 14.7 Å². The van der Waals surface area contributed by atoms with Gasteiger partial charge < -0.3 is 19.9 Å². The Morgan fingerprint density at radius 2 is 1.52 bits per heavy atom. The lowest BCUT2D eigenvalue weighted by molar-refractivity contribution is -0.139. The van der Waals surface area contributed by atoms with Crippen molar-refractivity contribution in [1.82, 2.24) is 5.32 Å². The Kier molecular flexibility index (Phi) is 5.89. The van der Waals surface area contributed by atoms with E-state index in [1.54, 1.807) is 24.3 Å². The lowest BCUT2D eigenvalue weighted by Gasteiger charge is -2.18. The summed E-state index contributed by atoms with van der Waals surface area (Å²) in [5, 5.41) is 12.0. The Hall–Kier alpha value is -3.80. The SMILES string of the molecule is COc1ccccc1CC(NC(=O)OCC1c2ccccc2-c2ccccc21)C(=O)O. The second-order valence-corrected chi connectivity index (χ2v) is 7.38. The monoisotopic (exact) mass is 417 g/mol. The van der Waals surface area contributed by atoms with Gasteiger partial charge in [-0.2, -0.15) is 0 Å². The summed E-state index contributed by atoms with van der Waals surface area (Å²) in [4.78, 5) is 24.2. The standard InChI is InChI=1S/C25H23NO5/c1-30-23-13-7-2-8-16(23)14-22(24(27)28)26-25(29)31-15-21-19-11-5-3-9-17(19)18-10-4-6-12-20(18)21/h2-13,21-22H,14-15H2,1H3,(H,26,29)(H,27,28). The van der Waals surface area contributed by atoms with Crippen LogP contribution in [0.15, 0.2) is 72.8 Å². The summed E-state index contributed by atoms with van der Waals surface area (Å²) in [6.07, 6.45) is -0.673. The molecule has 158 valence electrons. The number of rotatable bonds is 7. The molecule has 31 heavy (non-hydrogen) atoms. The van der Waals surface area contributed by atoms with Crippen LogP contribution in [0.4, 0.5) is 4.79 Å². The van der Waals surface area contributed by atoms with Crippen LogP contribution in [0.2, 0.25) is 0 Å². The number of para-hydroxylation sites is 1. The van der Waals surface area contributed by atoms with Crippen LogP contribution in [0.1, 0.15) is 22.6 Å². The topological polar surface area (TPSA) is 84.9 Å². The molecule has 0 saturated heterocycles. The molecule has 6 heteroatoms. The van der Waals surface area contributed by atoms with Gasteiger partial charge in [0.2, 0.25) is 0 Å². The Labute approximate surface area is 180 Å². The van der Waals surface area contributed by atoms with E-state index in [2.05, 4.69) is 17.4 Å². The average Bonchev–Trinajstić information content (AvgIpc) is 3.11. The third-order valence-electron chi connectivity index (χ3n) is 5.55. The predicted molar refractivity (Wildman–Crippen MR) is 116 cm³/mol. The Morgan fingerprint density at radius 1 is 0.935 bits per heavy atom. The van der Waals surface area contributed by atoms with Gasteiger partial charge in [-0.25, -0.2) is 9.59 Å². The molecule has 0 heterocycles. The first-order chi connectivity index (χ1) is 15.1. The van der Waals surface area contributed by atoms with Crippen molar-refractivity contribution in [2.45, 2.75) is 18.4 Å². The molecule has 1 amide bonds. The highest BCUT2D eigenvalue weighted by Gasteiger charge is 2.30. The molecule has 3 aromatic carbocycles. The molecule has 0 aliphatic heterocycles. The van der Waals surface area contributed by atoms with Gasteiger partial charge in [0.1, 0.15) is 18.4 Å². The van der Waals surface area contributed by atoms with Gasteiger partial charge in [0.25, 0.3) is 0 Å². The average molecular weight is 417 g/mol. The number of nitrogens with one attached hydrogen (secondary N) is 1. The summed E-state index contributed by atoms with van der Waals surface area (Å²) >= 11 is 0. The van der Waals surface area contributed by atoms with Gasteiger partial charge in [0.05, 0.1) is 7.11 Å². The van der Waals surface area contributed by atoms with E-state index in [4.69, 9.17) is 9.47 Å². The Balaban J connectivity index is 1.44. The fourth-order valence-corrected chi connectivity index (χ4v) is 4.07. The number of hydrogen-bond acceptors (Lipinski definition) is 4. The molecule has 1 unspecified atom stereocenters. The fourth-order valence-electron chi connectivity index (χ4n) is 4.07. The van der Waals surface area contributed by atoms with Crippen molar-refractivity contribution in [3.05, 3.63) is 89.5 Å². The lowest BCUT2D eigenvalue weighted by atomic mass is 9.98. The van der Waals surface area contributed by atoms with Gasteiger partial charge >= 0.3 is 12.1 Å². The second-order valence-electron chi connectivity index (χ2n) is 7.38. The third-order valence-corrected chi connectivity index (χ3v) is 5.55. The number of benzene rings is 3. The highest BCUT2D eigenvalue weighted by Crippen LogP contribution is 2.44. The summed E-state index contributed by atoms with van der Waals surface area (Å²) in [6, 6.07) is 22.1. The summed E-state index contributed by atoms with van der Waals surface area (Å²) in [5.41, 5.74) is 5.15. The minimum atomic E-state index is -1.14. The van der Waals surface area contributed by atoms with Crippen LogP contribution < -0.4 is 10.1 Å². The van der Waals surface area contributed by atoms with Gasteiger partial charge in [0.15, 0.2) is 0 Å². The van der Waals surface area contributed by atoms with E-state index < -0.39 is 18.1 Å². The van der Waals surface area contributed by atoms with E-state index in [0.29, 0.717) is 11.3 Å². The molecular weight excluding hydrogens is 394 g/mol. The molecule has 0 aromatic heterocycles. The molecule has 0 fully saturated rings. The molecule has 6 nitrogen and oxygen atoms in total. The van der Waals surface area contributed by atoms with Crippen LogP contribution in [-0.2, 0) is 16.0 Å². The van der Waals surface area contributed by atoms with Gasteiger partial charge in [-0.15, -0.1) is 0 Å². The number of fused-ring (bicyclic) bond motifs is 3. The first kappa shape index (κ1) is 20.5. The van der Waals surface area contributed by atoms with E-state index in [1.807, 2.05) is 36.4 Å². The first-order valence-electron chi connectivity index (χ1n) is 10.0. The van der Waals surface area contributed by atoms with E-state index in [-0.39, 0.29) is 18.9 Å². The van der Waals surface area contributed by atoms with Crippen molar-refractivity contribution in [2.75, 3.05) is 13.7 Å². The van der Waals surface area contributed by atoms with Crippen molar-refractivity contribution in [3.63, 3.8) is 0 Å². The minimum Gasteiger partial charge on any atom is -0.496 e. The largest absolute Gasteiger partial charge is 0.496 e. The number of methoxy groups -OCH3 is 1. The number of hydrogen-bond donors (Lipinski definition) is 2. The van der Waals surface area contributed by atoms with Crippen molar-refractivity contribution < 1.29 is 24.2 Å². The highest BCUT2D eigenvalue weighted by molar-refractivity contribution is 5.81. The molecule has 1 atom stereocenters. The number of carbonyl (C=O) groups is 2. The highest BCUT2D eigenvalue weighted by atomic mass is 16.5. The quantitative estimate of drug-likeness (QED) is 0.601. The molecule has 3 aromatic rings. The van der Waals surface area contributed by atoms with Crippen LogP contribution in [0.5, 0.6) is 5.75 Å². The Morgan fingerprint density at radius 3 is 2.13 bits per heavy atom. The predicted octanol–water partition coefficient (Wildman–Crippen LogP) is 4.23. The number of alkyl carbamates (subject to hydrolysis) is 1. The van der Waals surface area contributed by atoms with Crippen LogP contribution >= 0.6 is 0 Å². The van der Waals surface area contributed by atoms with Crippen LogP contribution in [0.25, 0.3) is 11.1 Å². The van der Waals surface area contributed by atoms with Gasteiger partial charge in [-0.1, -0.05) is 66.7 Å². The Bertz CT molecular complexity index is 1060.